The highest BCUT2D eigenvalue weighted by molar-refractivity contribution is 6.17. The van der Waals surface area contributed by atoms with Gasteiger partial charge in [0.2, 0.25) is 5.95 Å². The van der Waals surface area contributed by atoms with Gasteiger partial charge in [-0.05, 0) is 60.7 Å². The van der Waals surface area contributed by atoms with Crippen molar-refractivity contribution in [2.75, 3.05) is 4.90 Å². The third-order valence-electron chi connectivity index (χ3n) is 9.73. The van der Waals surface area contributed by atoms with Gasteiger partial charge in [0.1, 0.15) is 33.5 Å². The Labute approximate surface area is 296 Å². The molecule has 0 unspecified atom stereocenters. The molecule has 11 rings (SSSR count). The van der Waals surface area contributed by atoms with Crippen LogP contribution in [0.3, 0.4) is 0 Å². The Bertz CT molecular complexity index is 3040. The van der Waals surface area contributed by atoms with E-state index in [1.54, 1.807) is 0 Å². The molecule has 0 aliphatic heterocycles. The van der Waals surface area contributed by atoms with Crippen molar-refractivity contribution in [1.82, 2.24) is 15.0 Å². The number of nitrogens with zero attached hydrogens (tertiary/aromatic N) is 4. The first-order valence-electron chi connectivity index (χ1n) is 17.1. The number of anilines is 3. The minimum atomic E-state index is 0.455. The Hall–Kier alpha value is -7.25. The Morgan fingerprint density at radius 3 is 1.46 bits per heavy atom. The predicted molar refractivity (Wildman–Crippen MR) is 207 cm³/mol. The molecule has 7 nitrogen and oxygen atoms in total. The summed E-state index contributed by atoms with van der Waals surface area (Å²) in [6, 6.07) is 52.7. The van der Waals surface area contributed by atoms with Gasteiger partial charge in [-0.2, -0.15) is 9.97 Å². The van der Waals surface area contributed by atoms with Gasteiger partial charge < -0.3 is 13.3 Å². The normalized spacial score (nSPS) is 11.8. The summed E-state index contributed by atoms with van der Waals surface area (Å²) in [5.41, 5.74) is 8.24. The monoisotopic (exact) mass is 670 g/mol. The second-order valence-corrected chi connectivity index (χ2v) is 12.8. The summed E-state index contributed by atoms with van der Waals surface area (Å²) in [5.74, 6) is 1.54. The molecule has 7 heteroatoms. The van der Waals surface area contributed by atoms with Crippen LogP contribution < -0.4 is 4.90 Å². The molecule has 0 spiro atoms. The van der Waals surface area contributed by atoms with Crippen LogP contribution in [0.15, 0.2) is 171 Å². The first-order chi connectivity index (χ1) is 25.8. The Morgan fingerprint density at radius 2 is 0.827 bits per heavy atom. The van der Waals surface area contributed by atoms with Gasteiger partial charge in [0, 0.05) is 32.7 Å². The van der Waals surface area contributed by atoms with E-state index in [1.807, 2.05) is 121 Å². The summed E-state index contributed by atoms with van der Waals surface area (Å²) in [5, 5.41) is 5.94. The van der Waals surface area contributed by atoms with Gasteiger partial charge in [0.15, 0.2) is 11.6 Å². The van der Waals surface area contributed by atoms with E-state index in [0.717, 1.165) is 88.3 Å². The maximum absolute atomic E-state index is 6.40. The SMILES string of the molecule is c1ccc(-c2nc(-c3ccc4oc5ccccc5c4c3)nc(N(c3cccc4oc5ccccc5c34)c3cccc4oc5ccccc5c34)n2)cc1. The van der Waals surface area contributed by atoms with Crippen LogP contribution in [0.4, 0.5) is 17.3 Å². The Morgan fingerprint density at radius 1 is 0.346 bits per heavy atom. The van der Waals surface area contributed by atoms with Crippen molar-refractivity contribution in [3.63, 3.8) is 0 Å². The molecule has 7 aromatic carbocycles. The highest BCUT2D eigenvalue weighted by Gasteiger charge is 2.26. The number of aromatic nitrogens is 3. The largest absolute Gasteiger partial charge is 0.456 e. The third-order valence-corrected chi connectivity index (χ3v) is 9.73. The number of furan rings is 3. The van der Waals surface area contributed by atoms with Gasteiger partial charge in [-0.1, -0.05) is 97.1 Å². The van der Waals surface area contributed by atoms with Crippen LogP contribution in [-0.4, -0.2) is 15.0 Å². The van der Waals surface area contributed by atoms with Crippen molar-refractivity contribution in [3.8, 4) is 22.8 Å². The summed E-state index contributed by atoms with van der Waals surface area (Å²) in [7, 11) is 0. The molecule has 0 aliphatic carbocycles. The van der Waals surface area contributed by atoms with E-state index in [-0.39, 0.29) is 0 Å². The van der Waals surface area contributed by atoms with E-state index < -0.39 is 0 Å². The standard InChI is InChI=1S/C45H26N4O3/c1-2-12-27(13-3-1)43-46-44(28-24-25-38-32(26-28)29-14-4-7-19-35(29)50-38)48-45(47-43)49(33-17-10-22-39-41(33)30-15-5-8-20-36(30)51-39)34-18-11-23-40-42(34)31-16-6-9-21-37(31)52-40/h1-26H. The average molecular weight is 671 g/mol. The van der Waals surface area contributed by atoms with E-state index >= 15 is 0 Å². The zero-order chi connectivity index (χ0) is 34.2. The van der Waals surface area contributed by atoms with Crippen LogP contribution >= 0.6 is 0 Å². The molecule has 0 fully saturated rings. The predicted octanol–water partition coefficient (Wildman–Crippen LogP) is 12.4. The molecule has 4 aromatic heterocycles. The lowest BCUT2D eigenvalue weighted by molar-refractivity contribution is 0.668. The smallest absolute Gasteiger partial charge is 0.238 e. The number of benzene rings is 7. The fraction of sp³-hybridized carbons (Fsp3) is 0. The van der Waals surface area contributed by atoms with Crippen LogP contribution in [0.25, 0.3) is 88.6 Å². The lowest BCUT2D eigenvalue weighted by atomic mass is 10.1. The van der Waals surface area contributed by atoms with E-state index in [4.69, 9.17) is 28.2 Å². The van der Waals surface area contributed by atoms with Crippen molar-refractivity contribution >= 4 is 83.1 Å². The lowest BCUT2D eigenvalue weighted by Crippen LogP contribution is -2.16. The Kier molecular flexibility index (Phi) is 6.12. The first-order valence-corrected chi connectivity index (χ1v) is 17.1. The maximum atomic E-state index is 6.40. The molecule has 0 saturated heterocycles. The van der Waals surface area contributed by atoms with Crippen LogP contribution in [0.2, 0.25) is 0 Å². The van der Waals surface area contributed by atoms with Crippen molar-refractivity contribution in [1.29, 1.82) is 0 Å². The molecule has 0 saturated carbocycles. The number of hydrogen-bond donors (Lipinski definition) is 0. The van der Waals surface area contributed by atoms with E-state index in [2.05, 4.69) is 41.3 Å². The van der Waals surface area contributed by atoms with Crippen molar-refractivity contribution in [3.05, 3.63) is 158 Å². The molecule has 244 valence electrons. The van der Waals surface area contributed by atoms with Gasteiger partial charge >= 0.3 is 0 Å². The molecule has 0 atom stereocenters. The minimum Gasteiger partial charge on any atom is -0.456 e. The van der Waals surface area contributed by atoms with Crippen LogP contribution in [0.5, 0.6) is 0 Å². The number of para-hydroxylation sites is 3. The summed E-state index contributed by atoms with van der Waals surface area (Å²) in [4.78, 5) is 17.8. The zero-order valence-corrected chi connectivity index (χ0v) is 27.5. The van der Waals surface area contributed by atoms with Crippen molar-refractivity contribution in [2.45, 2.75) is 0 Å². The molecule has 0 radical (unpaired) electrons. The molecule has 0 bridgehead atoms. The topological polar surface area (TPSA) is 81.3 Å². The fourth-order valence-corrected chi connectivity index (χ4v) is 7.41. The quantitative estimate of drug-likeness (QED) is 0.180. The number of rotatable bonds is 5. The molecular weight excluding hydrogens is 645 g/mol. The molecule has 11 aromatic rings. The lowest BCUT2D eigenvalue weighted by Gasteiger charge is -2.25. The van der Waals surface area contributed by atoms with Gasteiger partial charge in [-0.25, -0.2) is 4.98 Å². The second kappa shape index (κ2) is 11.1. The van der Waals surface area contributed by atoms with Crippen molar-refractivity contribution < 1.29 is 13.3 Å². The molecule has 0 aliphatic rings. The highest BCUT2D eigenvalue weighted by Crippen LogP contribution is 2.46. The van der Waals surface area contributed by atoms with Crippen molar-refractivity contribution in [2.24, 2.45) is 0 Å². The fourth-order valence-electron chi connectivity index (χ4n) is 7.41. The zero-order valence-electron chi connectivity index (χ0n) is 27.5. The molecule has 4 heterocycles. The summed E-state index contributed by atoms with van der Waals surface area (Å²) in [6.45, 7) is 0. The molecule has 0 N–H and O–H groups in total. The van der Waals surface area contributed by atoms with Crippen LogP contribution in [0, 0.1) is 0 Å². The number of fused-ring (bicyclic) bond motifs is 9. The van der Waals surface area contributed by atoms with Gasteiger partial charge in [0.25, 0.3) is 0 Å². The third kappa shape index (κ3) is 4.36. The molecular formula is C45H26N4O3. The van der Waals surface area contributed by atoms with Gasteiger partial charge in [-0.15, -0.1) is 0 Å². The summed E-state index contributed by atoms with van der Waals surface area (Å²) >= 11 is 0. The summed E-state index contributed by atoms with van der Waals surface area (Å²) < 4.78 is 19.0. The second-order valence-electron chi connectivity index (χ2n) is 12.8. The van der Waals surface area contributed by atoms with Gasteiger partial charge in [0.05, 0.1) is 22.1 Å². The van der Waals surface area contributed by atoms with Crippen LogP contribution in [0.1, 0.15) is 0 Å². The van der Waals surface area contributed by atoms with E-state index in [0.29, 0.717) is 17.6 Å². The average Bonchev–Trinajstić information content (AvgIpc) is 3.90. The molecule has 52 heavy (non-hydrogen) atoms. The van der Waals surface area contributed by atoms with Gasteiger partial charge in [-0.3, -0.25) is 4.90 Å². The van der Waals surface area contributed by atoms with Crippen LogP contribution in [-0.2, 0) is 0 Å². The first kappa shape index (κ1) is 28.6. The summed E-state index contributed by atoms with van der Waals surface area (Å²) in [6.07, 6.45) is 0. The molecule has 0 amide bonds. The van der Waals surface area contributed by atoms with E-state index in [1.165, 1.54) is 0 Å². The Balaban J connectivity index is 1.24. The number of hydrogen-bond acceptors (Lipinski definition) is 7. The van der Waals surface area contributed by atoms with E-state index in [9.17, 15) is 0 Å². The minimum absolute atomic E-state index is 0.455. The maximum Gasteiger partial charge on any atom is 0.238 e. The highest BCUT2D eigenvalue weighted by atomic mass is 16.3.